The Morgan fingerprint density at radius 1 is 1.14 bits per heavy atom. The van der Waals surface area contributed by atoms with Gasteiger partial charge in [-0.1, -0.05) is 6.07 Å². The van der Waals surface area contributed by atoms with E-state index >= 15 is 0 Å². The first kappa shape index (κ1) is 17.7. The molecule has 1 amide bonds. The summed E-state index contributed by atoms with van der Waals surface area (Å²) in [6.07, 6.45) is 5.08. The minimum Gasteiger partial charge on any atom is -0.459 e. The third-order valence-electron chi connectivity index (χ3n) is 6.62. The molecular formula is C22H27N3O3. The van der Waals surface area contributed by atoms with Crippen LogP contribution >= 0.6 is 0 Å². The van der Waals surface area contributed by atoms with Crippen molar-refractivity contribution >= 4 is 5.91 Å². The topological polar surface area (TPSA) is 58.7 Å². The zero-order chi connectivity index (χ0) is 19.3. The van der Waals surface area contributed by atoms with Gasteiger partial charge in [0.25, 0.3) is 11.5 Å². The molecule has 6 nitrogen and oxygen atoms in total. The summed E-state index contributed by atoms with van der Waals surface area (Å²) in [5.74, 6) is 0.961. The molecule has 5 rings (SSSR count). The molecule has 2 bridgehead atoms. The lowest BCUT2D eigenvalue weighted by atomic mass is 9.82. The lowest BCUT2D eigenvalue weighted by Gasteiger charge is -2.42. The van der Waals surface area contributed by atoms with Crippen LogP contribution in [-0.4, -0.2) is 46.5 Å². The summed E-state index contributed by atoms with van der Waals surface area (Å²) in [4.78, 5) is 30.3. The first-order chi connectivity index (χ1) is 13.6. The van der Waals surface area contributed by atoms with E-state index in [1.54, 1.807) is 6.26 Å². The van der Waals surface area contributed by atoms with Crippen molar-refractivity contribution in [2.45, 2.75) is 45.2 Å². The number of likely N-dealkylation sites (tertiary alicyclic amines) is 2. The average molecular weight is 381 g/mol. The van der Waals surface area contributed by atoms with Gasteiger partial charge in [0.05, 0.1) is 6.26 Å². The summed E-state index contributed by atoms with van der Waals surface area (Å²) in [5.41, 5.74) is 3.04. The second kappa shape index (κ2) is 6.92. The van der Waals surface area contributed by atoms with Crippen LogP contribution in [0.25, 0.3) is 0 Å². The van der Waals surface area contributed by atoms with Crippen LogP contribution in [0.4, 0.5) is 0 Å². The van der Waals surface area contributed by atoms with Crippen molar-refractivity contribution < 1.29 is 9.21 Å². The number of nitrogens with zero attached hydrogens (tertiary/aromatic N) is 3. The number of amides is 1. The molecule has 2 fully saturated rings. The predicted octanol–water partition coefficient (Wildman–Crippen LogP) is 2.61. The van der Waals surface area contributed by atoms with E-state index in [4.69, 9.17) is 4.42 Å². The normalized spacial score (nSPS) is 24.4. The van der Waals surface area contributed by atoms with Gasteiger partial charge in [-0.15, -0.1) is 0 Å². The Balaban J connectivity index is 1.40. The van der Waals surface area contributed by atoms with Gasteiger partial charge in [0.15, 0.2) is 5.76 Å². The Morgan fingerprint density at radius 2 is 1.96 bits per heavy atom. The molecule has 3 aliphatic heterocycles. The summed E-state index contributed by atoms with van der Waals surface area (Å²) in [7, 11) is 0. The third kappa shape index (κ3) is 3.00. The highest BCUT2D eigenvalue weighted by Crippen LogP contribution is 2.36. The quantitative estimate of drug-likeness (QED) is 0.820. The van der Waals surface area contributed by atoms with E-state index in [0.717, 1.165) is 42.9 Å². The van der Waals surface area contributed by atoms with E-state index in [1.165, 1.54) is 12.8 Å². The van der Waals surface area contributed by atoms with Crippen molar-refractivity contribution in [3.8, 4) is 0 Å². The second-order valence-electron chi connectivity index (χ2n) is 8.62. The van der Waals surface area contributed by atoms with Gasteiger partial charge in [-0.3, -0.25) is 14.5 Å². The summed E-state index contributed by atoms with van der Waals surface area (Å²) in [6.45, 7) is 6.90. The Hall–Kier alpha value is -2.34. The van der Waals surface area contributed by atoms with E-state index in [9.17, 15) is 9.59 Å². The summed E-state index contributed by atoms with van der Waals surface area (Å²) < 4.78 is 7.41. The third-order valence-corrected chi connectivity index (χ3v) is 6.62. The van der Waals surface area contributed by atoms with Gasteiger partial charge in [0.2, 0.25) is 0 Å². The summed E-state index contributed by atoms with van der Waals surface area (Å²) >= 11 is 0. The van der Waals surface area contributed by atoms with Crippen LogP contribution in [0.15, 0.2) is 33.7 Å². The van der Waals surface area contributed by atoms with Gasteiger partial charge < -0.3 is 13.9 Å². The van der Waals surface area contributed by atoms with E-state index in [1.807, 2.05) is 28.5 Å². The maximum Gasteiger partial charge on any atom is 0.289 e. The molecule has 2 atom stereocenters. The number of aromatic nitrogens is 1. The molecule has 0 aliphatic carbocycles. The molecule has 0 aromatic carbocycles. The van der Waals surface area contributed by atoms with Crippen molar-refractivity contribution in [3.05, 3.63) is 57.4 Å². The van der Waals surface area contributed by atoms with Crippen LogP contribution in [0.2, 0.25) is 0 Å². The second-order valence-corrected chi connectivity index (χ2v) is 8.62. The summed E-state index contributed by atoms with van der Waals surface area (Å²) in [6, 6.07) is 5.97. The molecule has 6 heteroatoms. The zero-order valence-electron chi connectivity index (χ0n) is 16.4. The number of furan rings is 1. The molecule has 0 N–H and O–H groups in total. The molecule has 148 valence electrons. The fourth-order valence-corrected chi connectivity index (χ4v) is 5.19. The lowest BCUT2D eigenvalue weighted by Crippen LogP contribution is -2.49. The molecule has 0 unspecified atom stereocenters. The van der Waals surface area contributed by atoms with Crippen LogP contribution in [0.1, 0.15) is 52.6 Å². The monoisotopic (exact) mass is 381 g/mol. The highest BCUT2D eigenvalue weighted by molar-refractivity contribution is 5.93. The van der Waals surface area contributed by atoms with Gasteiger partial charge >= 0.3 is 0 Å². The Labute approximate surface area is 164 Å². The fourth-order valence-electron chi connectivity index (χ4n) is 5.19. The molecule has 28 heavy (non-hydrogen) atoms. The number of carbonyl (C=O) groups is 1. The largest absolute Gasteiger partial charge is 0.459 e. The molecule has 5 heterocycles. The fraction of sp³-hybridized carbons (Fsp3) is 0.545. The van der Waals surface area contributed by atoms with Crippen molar-refractivity contribution in [2.75, 3.05) is 26.2 Å². The maximum atomic E-state index is 13.1. The van der Waals surface area contributed by atoms with Gasteiger partial charge in [0, 0.05) is 48.9 Å². The standard InChI is InChI=1S/C22H27N3O3/c1-15-6-9-28-20(15)22(27)24-11-16-10-18(14-24)19-5-4-17(21(26)25(19)12-16)13-23-7-2-3-8-23/h4-6,9,16,18H,2-3,7-8,10-14H2,1H3/t16-,18+/m0/s1. The van der Waals surface area contributed by atoms with Crippen LogP contribution < -0.4 is 5.56 Å². The number of aryl methyl sites for hydroxylation is 1. The summed E-state index contributed by atoms with van der Waals surface area (Å²) in [5, 5.41) is 0. The van der Waals surface area contributed by atoms with Crippen LogP contribution in [-0.2, 0) is 13.1 Å². The molecule has 0 saturated carbocycles. The van der Waals surface area contributed by atoms with E-state index in [-0.39, 0.29) is 17.4 Å². The highest BCUT2D eigenvalue weighted by Gasteiger charge is 2.37. The van der Waals surface area contributed by atoms with Crippen LogP contribution in [0, 0.1) is 12.8 Å². The molecule has 2 aromatic rings. The molecule has 0 spiro atoms. The SMILES string of the molecule is Cc1ccoc1C(=O)N1C[C@@H]2C[C@H](C1)c1ccc(CN3CCCC3)c(=O)n1C2. The average Bonchev–Trinajstić information content (AvgIpc) is 3.35. The van der Waals surface area contributed by atoms with Gasteiger partial charge in [0.1, 0.15) is 0 Å². The number of hydrogen-bond donors (Lipinski definition) is 0. The Kier molecular flexibility index (Phi) is 4.38. The van der Waals surface area contributed by atoms with Crippen molar-refractivity contribution in [3.63, 3.8) is 0 Å². The van der Waals surface area contributed by atoms with E-state index in [0.29, 0.717) is 31.3 Å². The number of hydrogen-bond acceptors (Lipinski definition) is 4. The number of piperidine rings is 1. The molecule has 0 radical (unpaired) electrons. The lowest BCUT2D eigenvalue weighted by molar-refractivity contribution is 0.0562. The van der Waals surface area contributed by atoms with Crippen molar-refractivity contribution in [1.29, 1.82) is 0 Å². The van der Waals surface area contributed by atoms with Gasteiger partial charge in [-0.05, 0) is 57.3 Å². The number of pyridine rings is 1. The van der Waals surface area contributed by atoms with Crippen LogP contribution in [0.5, 0.6) is 0 Å². The Bertz CT molecular complexity index is 954. The van der Waals surface area contributed by atoms with Gasteiger partial charge in [-0.2, -0.15) is 0 Å². The molecular weight excluding hydrogens is 354 g/mol. The first-order valence-corrected chi connectivity index (χ1v) is 10.4. The first-order valence-electron chi connectivity index (χ1n) is 10.4. The number of rotatable bonds is 3. The number of carbonyl (C=O) groups excluding carboxylic acids is 1. The minimum atomic E-state index is -0.0290. The van der Waals surface area contributed by atoms with E-state index < -0.39 is 0 Å². The van der Waals surface area contributed by atoms with Crippen molar-refractivity contribution in [2.24, 2.45) is 5.92 Å². The highest BCUT2D eigenvalue weighted by atomic mass is 16.3. The molecule has 2 aromatic heterocycles. The smallest absolute Gasteiger partial charge is 0.289 e. The number of fused-ring (bicyclic) bond motifs is 4. The van der Waals surface area contributed by atoms with Gasteiger partial charge in [-0.25, -0.2) is 0 Å². The van der Waals surface area contributed by atoms with Crippen LogP contribution in [0.3, 0.4) is 0 Å². The van der Waals surface area contributed by atoms with E-state index in [2.05, 4.69) is 11.0 Å². The Morgan fingerprint density at radius 3 is 2.71 bits per heavy atom. The maximum absolute atomic E-state index is 13.1. The minimum absolute atomic E-state index is 0.0290. The van der Waals surface area contributed by atoms with Crippen molar-refractivity contribution in [1.82, 2.24) is 14.4 Å². The zero-order valence-corrected chi connectivity index (χ0v) is 16.4. The molecule has 3 aliphatic rings. The predicted molar refractivity (Wildman–Crippen MR) is 105 cm³/mol. The molecule has 2 saturated heterocycles.